The van der Waals surface area contributed by atoms with Crippen LogP contribution in [0.25, 0.3) is 16.6 Å². The van der Waals surface area contributed by atoms with Crippen molar-refractivity contribution < 1.29 is 13.9 Å². The van der Waals surface area contributed by atoms with Crippen LogP contribution in [0.15, 0.2) is 81.3 Å². The zero-order chi connectivity index (χ0) is 21.8. The smallest absolute Gasteiger partial charge is 0.266 e. The van der Waals surface area contributed by atoms with Crippen molar-refractivity contribution in [2.24, 2.45) is 0 Å². The minimum atomic E-state index is -0.253. The third kappa shape index (κ3) is 4.49. The average molecular weight is 436 g/mol. The predicted octanol–water partition coefficient (Wildman–Crippen LogP) is 3.96. The Morgan fingerprint density at radius 1 is 1.16 bits per heavy atom. The molecule has 0 spiro atoms. The summed E-state index contributed by atoms with van der Waals surface area (Å²) in [5.41, 5.74) is 1.04. The van der Waals surface area contributed by atoms with Crippen molar-refractivity contribution in [3.05, 3.63) is 83.0 Å². The molecule has 1 atom stereocenters. The van der Waals surface area contributed by atoms with Crippen molar-refractivity contribution in [2.45, 2.75) is 18.1 Å². The highest BCUT2D eigenvalue weighted by atomic mass is 32.2. The molecule has 1 N–H and O–H groups in total. The number of hydrogen-bond donors (Lipinski definition) is 1. The van der Waals surface area contributed by atoms with E-state index in [1.807, 2.05) is 19.1 Å². The van der Waals surface area contributed by atoms with Crippen molar-refractivity contribution in [3.8, 4) is 11.4 Å². The molecule has 0 saturated carbocycles. The number of hydrogen-bond acceptors (Lipinski definition) is 6. The Hall–Kier alpha value is -3.52. The molecule has 2 heterocycles. The van der Waals surface area contributed by atoms with E-state index < -0.39 is 0 Å². The molecule has 0 radical (unpaired) electrons. The molecule has 158 valence electrons. The van der Waals surface area contributed by atoms with Gasteiger partial charge in [-0.25, -0.2) is 4.98 Å². The quantitative estimate of drug-likeness (QED) is 0.349. The zero-order valence-corrected chi connectivity index (χ0v) is 17.9. The van der Waals surface area contributed by atoms with Crippen LogP contribution < -0.4 is 15.6 Å². The van der Waals surface area contributed by atoms with Crippen molar-refractivity contribution in [1.29, 1.82) is 0 Å². The summed E-state index contributed by atoms with van der Waals surface area (Å²) in [5, 5.41) is 3.85. The van der Waals surface area contributed by atoms with Crippen LogP contribution in [-0.2, 0) is 4.79 Å². The molecule has 4 rings (SSSR count). The first kappa shape index (κ1) is 20.7. The normalized spacial score (nSPS) is 11.9. The fraction of sp³-hybridized carbons (Fsp3) is 0.174. The highest BCUT2D eigenvalue weighted by Gasteiger charge is 2.16. The average Bonchev–Trinajstić information content (AvgIpc) is 3.33. The van der Waals surface area contributed by atoms with Crippen molar-refractivity contribution in [2.75, 3.05) is 12.9 Å². The van der Waals surface area contributed by atoms with Gasteiger partial charge in [0.15, 0.2) is 5.16 Å². The zero-order valence-electron chi connectivity index (χ0n) is 17.1. The van der Waals surface area contributed by atoms with Gasteiger partial charge in [-0.15, -0.1) is 0 Å². The number of fused-ring (bicyclic) bond motifs is 1. The SMILES string of the molecule is COc1ccc(-n2c(SCC(=O)NC(C)c3ccco3)nc3ccccc3c2=O)cc1. The van der Waals surface area contributed by atoms with E-state index in [-0.39, 0.29) is 23.3 Å². The monoisotopic (exact) mass is 435 g/mol. The molecule has 0 aliphatic carbocycles. The van der Waals surface area contributed by atoms with Crippen molar-refractivity contribution in [3.63, 3.8) is 0 Å². The second-order valence-corrected chi connectivity index (χ2v) is 7.79. The maximum absolute atomic E-state index is 13.2. The number of thioether (sulfide) groups is 1. The highest BCUT2D eigenvalue weighted by Crippen LogP contribution is 2.23. The maximum atomic E-state index is 13.2. The Balaban J connectivity index is 1.64. The van der Waals surface area contributed by atoms with Gasteiger partial charge >= 0.3 is 0 Å². The summed E-state index contributed by atoms with van der Waals surface area (Å²) in [6.07, 6.45) is 1.57. The highest BCUT2D eigenvalue weighted by molar-refractivity contribution is 7.99. The van der Waals surface area contributed by atoms with Gasteiger partial charge in [-0.1, -0.05) is 23.9 Å². The Morgan fingerprint density at radius 2 is 1.94 bits per heavy atom. The molecule has 1 amide bonds. The summed E-state index contributed by atoms with van der Waals surface area (Å²) in [4.78, 5) is 30.4. The number of rotatable bonds is 7. The van der Waals surface area contributed by atoms with Gasteiger partial charge < -0.3 is 14.5 Å². The maximum Gasteiger partial charge on any atom is 0.266 e. The van der Waals surface area contributed by atoms with Crippen LogP contribution in [0.2, 0.25) is 0 Å². The number of carbonyl (C=O) groups excluding carboxylic acids is 1. The van der Waals surface area contributed by atoms with Gasteiger partial charge in [0.2, 0.25) is 5.91 Å². The van der Waals surface area contributed by atoms with E-state index in [1.54, 1.807) is 61.9 Å². The lowest BCUT2D eigenvalue weighted by molar-refractivity contribution is -0.119. The van der Waals surface area contributed by atoms with Crippen LogP contribution in [0.1, 0.15) is 18.7 Å². The first-order valence-electron chi connectivity index (χ1n) is 9.68. The van der Waals surface area contributed by atoms with Crippen LogP contribution in [0, 0.1) is 0 Å². The largest absolute Gasteiger partial charge is 0.497 e. The molecule has 0 bridgehead atoms. The van der Waals surface area contributed by atoms with E-state index in [0.29, 0.717) is 33.3 Å². The molecule has 1 unspecified atom stereocenters. The van der Waals surface area contributed by atoms with E-state index in [9.17, 15) is 9.59 Å². The molecule has 4 aromatic rings. The van der Waals surface area contributed by atoms with Crippen LogP contribution in [-0.4, -0.2) is 28.3 Å². The molecule has 0 aliphatic rings. The van der Waals surface area contributed by atoms with Gasteiger partial charge in [0.1, 0.15) is 11.5 Å². The molecule has 2 aromatic heterocycles. The number of benzene rings is 2. The molecule has 8 heteroatoms. The number of para-hydroxylation sites is 1. The summed E-state index contributed by atoms with van der Waals surface area (Å²) < 4.78 is 12.1. The van der Waals surface area contributed by atoms with Crippen LogP contribution in [0.3, 0.4) is 0 Å². The third-order valence-corrected chi connectivity index (χ3v) is 5.69. The summed E-state index contributed by atoms with van der Waals surface area (Å²) in [6.45, 7) is 1.85. The van der Waals surface area contributed by atoms with Crippen LogP contribution in [0.5, 0.6) is 5.75 Å². The number of nitrogens with one attached hydrogen (secondary N) is 1. The first-order valence-corrected chi connectivity index (χ1v) is 10.7. The lowest BCUT2D eigenvalue weighted by atomic mass is 10.2. The van der Waals surface area contributed by atoms with Gasteiger partial charge in [0, 0.05) is 0 Å². The van der Waals surface area contributed by atoms with E-state index >= 15 is 0 Å². The van der Waals surface area contributed by atoms with Crippen LogP contribution in [0.4, 0.5) is 0 Å². The number of furan rings is 1. The fourth-order valence-corrected chi connectivity index (χ4v) is 4.01. The number of aromatic nitrogens is 2. The molecule has 0 saturated heterocycles. The van der Waals surface area contributed by atoms with E-state index in [0.717, 1.165) is 0 Å². The van der Waals surface area contributed by atoms with Gasteiger partial charge in [-0.2, -0.15) is 0 Å². The number of nitrogens with zero attached hydrogens (tertiary/aromatic N) is 2. The summed E-state index contributed by atoms with van der Waals surface area (Å²) >= 11 is 1.21. The standard InChI is InChI=1S/C23H21N3O4S/c1-15(20-8-5-13-30-20)24-21(27)14-31-23-25-19-7-4-3-6-18(19)22(28)26(23)16-9-11-17(29-2)12-10-16/h3-13,15H,14H2,1-2H3,(H,24,27). The van der Waals surface area contributed by atoms with Crippen molar-refractivity contribution in [1.82, 2.24) is 14.9 Å². The number of ether oxygens (including phenoxy) is 1. The Kier molecular flexibility index (Phi) is 6.08. The second-order valence-electron chi connectivity index (χ2n) is 6.84. The van der Waals surface area contributed by atoms with Crippen molar-refractivity contribution >= 4 is 28.6 Å². The topological polar surface area (TPSA) is 86.4 Å². The van der Waals surface area contributed by atoms with E-state index in [2.05, 4.69) is 10.3 Å². The lowest BCUT2D eigenvalue weighted by Gasteiger charge is -2.14. The Labute approximate surface area is 183 Å². The number of amides is 1. The molecular formula is C23H21N3O4S. The molecule has 0 fully saturated rings. The second kappa shape index (κ2) is 9.09. The molecule has 31 heavy (non-hydrogen) atoms. The minimum absolute atomic E-state index is 0.103. The summed E-state index contributed by atoms with van der Waals surface area (Å²) in [7, 11) is 1.59. The third-order valence-electron chi connectivity index (χ3n) is 4.76. The summed E-state index contributed by atoms with van der Waals surface area (Å²) in [6, 6.07) is 17.7. The molecule has 2 aromatic carbocycles. The van der Waals surface area contributed by atoms with Gasteiger partial charge in [-0.05, 0) is 55.5 Å². The number of carbonyl (C=O) groups is 1. The van der Waals surface area contributed by atoms with E-state index in [4.69, 9.17) is 9.15 Å². The minimum Gasteiger partial charge on any atom is -0.497 e. The first-order chi connectivity index (χ1) is 15.1. The fourth-order valence-electron chi connectivity index (χ4n) is 3.19. The summed E-state index contributed by atoms with van der Waals surface area (Å²) in [5.74, 6) is 1.28. The molecule has 7 nitrogen and oxygen atoms in total. The van der Waals surface area contributed by atoms with Gasteiger partial charge in [0.05, 0.1) is 41.8 Å². The molecular weight excluding hydrogens is 414 g/mol. The number of methoxy groups -OCH3 is 1. The Bertz CT molecular complexity index is 1250. The molecule has 0 aliphatic heterocycles. The lowest BCUT2D eigenvalue weighted by Crippen LogP contribution is -2.28. The van der Waals surface area contributed by atoms with Gasteiger partial charge in [-0.3, -0.25) is 14.2 Å². The van der Waals surface area contributed by atoms with Gasteiger partial charge in [0.25, 0.3) is 5.56 Å². The van der Waals surface area contributed by atoms with E-state index in [1.165, 1.54) is 16.3 Å². The van der Waals surface area contributed by atoms with Crippen LogP contribution >= 0.6 is 11.8 Å². The predicted molar refractivity (Wildman–Crippen MR) is 120 cm³/mol. The Morgan fingerprint density at radius 3 is 2.65 bits per heavy atom.